The van der Waals surface area contributed by atoms with Crippen molar-refractivity contribution in [3.8, 4) is 11.5 Å². The van der Waals surface area contributed by atoms with Crippen molar-refractivity contribution in [2.24, 2.45) is 0 Å². The Morgan fingerprint density at radius 1 is 1.23 bits per heavy atom. The molecule has 30 heavy (non-hydrogen) atoms. The van der Waals surface area contributed by atoms with Gasteiger partial charge in [-0.25, -0.2) is 9.18 Å². The van der Waals surface area contributed by atoms with Gasteiger partial charge in [0.1, 0.15) is 11.5 Å². The maximum Gasteiger partial charge on any atom is 0.329 e. The number of nitrogens with zero attached hydrogens (tertiary/aromatic N) is 1. The van der Waals surface area contributed by atoms with Crippen molar-refractivity contribution < 1.29 is 23.5 Å². The summed E-state index contributed by atoms with van der Waals surface area (Å²) in [6.07, 6.45) is 2.49. The number of imide groups is 1. The molecule has 3 amide bonds. The lowest BCUT2D eigenvalue weighted by Gasteiger charge is -2.17. The van der Waals surface area contributed by atoms with Gasteiger partial charge in [-0.3, -0.25) is 9.69 Å². The van der Waals surface area contributed by atoms with Crippen molar-refractivity contribution in [2.75, 3.05) is 7.11 Å². The molecule has 6 nitrogen and oxygen atoms in total. The van der Waals surface area contributed by atoms with E-state index in [2.05, 4.69) is 27.9 Å². The molecule has 0 aliphatic carbocycles. The van der Waals surface area contributed by atoms with Gasteiger partial charge < -0.3 is 14.8 Å². The number of carbonyl (C=O) groups excluding carboxylic acids is 2. The van der Waals surface area contributed by atoms with E-state index < -0.39 is 11.9 Å². The second kappa shape index (κ2) is 9.46. The predicted molar refractivity (Wildman–Crippen MR) is 120 cm³/mol. The second-order valence-corrected chi connectivity index (χ2v) is 8.04. The summed E-state index contributed by atoms with van der Waals surface area (Å²) in [5.74, 6) is 0.377. The maximum atomic E-state index is 13.1. The minimum absolute atomic E-state index is 0.0346. The van der Waals surface area contributed by atoms with Crippen LogP contribution >= 0.6 is 22.6 Å². The number of halogens is 2. The highest BCUT2D eigenvalue weighted by Gasteiger charge is 2.33. The summed E-state index contributed by atoms with van der Waals surface area (Å²) in [7, 11) is 1.55. The molecular weight excluding hydrogens is 502 g/mol. The summed E-state index contributed by atoms with van der Waals surface area (Å²) < 4.78 is 25.3. The molecule has 1 aliphatic heterocycles. The van der Waals surface area contributed by atoms with E-state index in [9.17, 15) is 14.0 Å². The molecule has 1 atom stereocenters. The molecule has 0 bridgehead atoms. The van der Waals surface area contributed by atoms with Gasteiger partial charge in [0, 0.05) is 0 Å². The van der Waals surface area contributed by atoms with Gasteiger partial charge in [0.05, 0.1) is 23.3 Å². The zero-order valence-corrected chi connectivity index (χ0v) is 19.0. The molecular formula is C22H22FIN2O4. The first kappa shape index (κ1) is 22.1. The minimum Gasteiger partial charge on any atom is -0.493 e. The molecule has 8 heteroatoms. The van der Waals surface area contributed by atoms with E-state index in [1.807, 2.05) is 19.9 Å². The van der Waals surface area contributed by atoms with Gasteiger partial charge in [-0.05, 0) is 77.4 Å². The largest absolute Gasteiger partial charge is 0.493 e. The van der Waals surface area contributed by atoms with Crippen molar-refractivity contribution in [1.29, 1.82) is 0 Å². The van der Waals surface area contributed by atoms with Gasteiger partial charge in [0.2, 0.25) is 0 Å². The normalized spacial score (nSPS) is 16.0. The number of urea groups is 1. The molecule has 0 aromatic heterocycles. The van der Waals surface area contributed by atoms with Crippen LogP contribution in [-0.4, -0.2) is 30.1 Å². The van der Waals surface area contributed by atoms with Crippen molar-refractivity contribution in [3.63, 3.8) is 0 Å². The Labute approximate surface area is 188 Å². The minimum atomic E-state index is -0.519. The van der Waals surface area contributed by atoms with Crippen molar-refractivity contribution in [1.82, 2.24) is 10.2 Å². The van der Waals surface area contributed by atoms with Crippen molar-refractivity contribution in [3.05, 3.63) is 62.6 Å². The Morgan fingerprint density at radius 2 is 1.93 bits per heavy atom. The third-order valence-electron chi connectivity index (χ3n) is 4.67. The van der Waals surface area contributed by atoms with Crippen LogP contribution in [-0.2, 0) is 11.3 Å². The number of benzene rings is 2. The molecule has 2 aromatic rings. The Balaban J connectivity index is 1.84. The first-order valence-corrected chi connectivity index (χ1v) is 10.5. The number of methoxy groups -OCH3 is 1. The summed E-state index contributed by atoms with van der Waals surface area (Å²) in [4.78, 5) is 26.1. The first-order valence-electron chi connectivity index (χ1n) is 9.45. The van der Waals surface area contributed by atoms with Crippen LogP contribution in [0.1, 0.15) is 31.4 Å². The van der Waals surface area contributed by atoms with E-state index >= 15 is 0 Å². The smallest absolute Gasteiger partial charge is 0.329 e. The Kier molecular flexibility index (Phi) is 6.96. The summed E-state index contributed by atoms with van der Waals surface area (Å²) in [5.41, 5.74) is 1.51. The van der Waals surface area contributed by atoms with Crippen molar-refractivity contribution >= 4 is 40.6 Å². The first-order chi connectivity index (χ1) is 14.3. The highest BCUT2D eigenvalue weighted by Crippen LogP contribution is 2.35. The third-order valence-corrected chi connectivity index (χ3v) is 5.47. The second-order valence-electron chi connectivity index (χ2n) is 6.88. The molecule has 1 aliphatic rings. The highest BCUT2D eigenvalue weighted by atomic mass is 127. The molecule has 1 saturated heterocycles. The molecule has 0 saturated carbocycles. The predicted octanol–water partition coefficient (Wildman–Crippen LogP) is 4.71. The SMILES string of the molecule is CC[C@@H](C)Oc1c(I)cc(/C=C2/NC(=O)N(Cc3ccc(F)cc3)C2=O)cc1OC. The number of hydrogen-bond acceptors (Lipinski definition) is 4. The highest BCUT2D eigenvalue weighted by molar-refractivity contribution is 14.1. The van der Waals surface area contributed by atoms with Gasteiger partial charge >= 0.3 is 6.03 Å². The van der Waals surface area contributed by atoms with Gasteiger partial charge in [0.15, 0.2) is 11.5 Å². The van der Waals surface area contributed by atoms with Crippen LogP contribution in [0.3, 0.4) is 0 Å². The van der Waals surface area contributed by atoms with Gasteiger partial charge in [-0.15, -0.1) is 0 Å². The van der Waals surface area contributed by atoms with Gasteiger partial charge in [-0.2, -0.15) is 0 Å². The summed E-state index contributed by atoms with van der Waals surface area (Å²) in [5, 5.41) is 2.60. The lowest BCUT2D eigenvalue weighted by atomic mass is 10.1. The van der Waals surface area contributed by atoms with Crippen LogP contribution in [0.5, 0.6) is 11.5 Å². The van der Waals surface area contributed by atoms with Gasteiger partial charge in [0.25, 0.3) is 5.91 Å². The van der Waals surface area contributed by atoms with E-state index in [0.717, 1.165) is 14.9 Å². The standard InChI is InChI=1S/C22H22FIN2O4/c1-4-13(2)30-20-17(24)9-15(11-19(20)29-3)10-18-21(27)26(22(28)25-18)12-14-5-7-16(23)8-6-14/h5-11,13H,4,12H2,1-3H3,(H,25,28)/b18-10+/t13-/m1/s1. The molecule has 3 rings (SSSR count). The Morgan fingerprint density at radius 3 is 2.57 bits per heavy atom. The fourth-order valence-electron chi connectivity index (χ4n) is 2.88. The average Bonchev–Trinajstić information content (AvgIpc) is 2.98. The summed E-state index contributed by atoms with van der Waals surface area (Å²) >= 11 is 2.15. The molecule has 1 heterocycles. The maximum absolute atomic E-state index is 13.1. The van der Waals surface area contributed by atoms with Crippen molar-refractivity contribution in [2.45, 2.75) is 32.9 Å². The van der Waals surface area contributed by atoms with Crippen LogP contribution in [0, 0.1) is 9.39 Å². The fourth-order valence-corrected chi connectivity index (χ4v) is 3.63. The molecule has 1 fully saturated rings. The fraction of sp³-hybridized carbons (Fsp3) is 0.273. The van der Waals surface area contributed by atoms with E-state index in [1.54, 1.807) is 31.4 Å². The Bertz CT molecular complexity index is 991. The van der Waals surface area contributed by atoms with E-state index in [4.69, 9.17) is 9.47 Å². The van der Waals surface area contributed by atoms with Crippen LogP contribution in [0.2, 0.25) is 0 Å². The molecule has 1 N–H and O–H groups in total. The lowest BCUT2D eigenvalue weighted by molar-refractivity contribution is -0.123. The van der Waals surface area contributed by atoms with Gasteiger partial charge in [-0.1, -0.05) is 19.1 Å². The zero-order chi connectivity index (χ0) is 21.8. The summed E-state index contributed by atoms with van der Waals surface area (Å²) in [6.45, 7) is 4.08. The third kappa shape index (κ3) is 4.92. The molecule has 0 radical (unpaired) electrons. The molecule has 158 valence electrons. The summed E-state index contributed by atoms with van der Waals surface area (Å²) in [6, 6.07) is 8.77. The van der Waals surface area contributed by atoms with Crippen LogP contribution < -0.4 is 14.8 Å². The van der Waals surface area contributed by atoms with Crippen LogP contribution in [0.15, 0.2) is 42.1 Å². The number of ether oxygens (including phenoxy) is 2. The topological polar surface area (TPSA) is 67.9 Å². The quantitative estimate of drug-likeness (QED) is 0.324. The van der Waals surface area contributed by atoms with Crippen LogP contribution in [0.4, 0.5) is 9.18 Å². The lowest BCUT2D eigenvalue weighted by Crippen LogP contribution is -2.30. The zero-order valence-electron chi connectivity index (χ0n) is 16.9. The number of rotatable bonds is 7. The van der Waals surface area contributed by atoms with E-state index in [0.29, 0.717) is 22.6 Å². The Hall–Kier alpha value is -2.62. The van der Waals surface area contributed by atoms with Crippen LogP contribution in [0.25, 0.3) is 6.08 Å². The average molecular weight is 524 g/mol. The number of amides is 3. The number of carbonyl (C=O) groups is 2. The van der Waals surface area contributed by atoms with E-state index in [-0.39, 0.29) is 24.2 Å². The monoisotopic (exact) mass is 524 g/mol. The molecule has 2 aromatic carbocycles. The molecule has 0 spiro atoms. The molecule has 0 unspecified atom stereocenters. The van der Waals surface area contributed by atoms with E-state index in [1.165, 1.54) is 12.1 Å². The number of nitrogens with one attached hydrogen (secondary N) is 1. The number of hydrogen-bond donors (Lipinski definition) is 1.